The van der Waals surface area contributed by atoms with E-state index in [2.05, 4.69) is 22.2 Å². The van der Waals surface area contributed by atoms with Gasteiger partial charge in [-0.1, -0.05) is 12.1 Å². The van der Waals surface area contributed by atoms with Gasteiger partial charge in [-0.25, -0.2) is 9.37 Å². The second-order valence-corrected chi connectivity index (χ2v) is 6.42. The molecule has 1 aromatic heterocycles. The van der Waals surface area contributed by atoms with Gasteiger partial charge in [-0.15, -0.1) is 35.3 Å². The molecule has 0 saturated heterocycles. The highest BCUT2D eigenvalue weighted by Crippen LogP contribution is 2.16. The van der Waals surface area contributed by atoms with Gasteiger partial charge in [0.25, 0.3) is 0 Å². The fourth-order valence-corrected chi connectivity index (χ4v) is 3.01. The Morgan fingerprint density at radius 1 is 1.39 bits per heavy atom. The van der Waals surface area contributed by atoms with Crippen LogP contribution in [0.1, 0.15) is 21.1 Å². The van der Waals surface area contributed by atoms with Crippen LogP contribution in [-0.4, -0.2) is 29.9 Å². The molecule has 2 aromatic rings. The first-order valence-electron chi connectivity index (χ1n) is 7.08. The van der Waals surface area contributed by atoms with E-state index in [9.17, 15) is 4.39 Å². The summed E-state index contributed by atoms with van der Waals surface area (Å²) in [6.45, 7) is 5.31. The number of benzene rings is 1. The van der Waals surface area contributed by atoms with E-state index < -0.39 is 0 Å². The highest BCUT2D eigenvalue weighted by Gasteiger charge is 2.09. The zero-order chi connectivity index (χ0) is 16.1. The molecule has 0 amide bonds. The summed E-state index contributed by atoms with van der Waals surface area (Å²) in [5.41, 5.74) is 1.98. The minimum Gasteiger partial charge on any atom is -0.350 e. The van der Waals surface area contributed by atoms with Gasteiger partial charge in [0.2, 0.25) is 0 Å². The van der Waals surface area contributed by atoms with Crippen molar-refractivity contribution in [3.8, 4) is 0 Å². The number of hydrogen-bond acceptors (Lipinski definition) is 3. The topological polar surface area (TPSA) is 40.5 Å². The van der Waals surface area contributed by atoms with Crippen LogP contribution in [0.25, 0.3) is 0 Å². The van der Waals surface area contributed by atoms with Gasteiger partial charge in [-0.3, -0.25) is 4.99 Å². The molecule has 0 radical (unpaired) electrons. The van der Waals surface area contributed by atoms with Gasteiger partial charge in [0.15, 0.2) is 5.96 Å². The summed E-state index contributed by atoms with van der Waals surface area (Å²) in [5.74, 6) is 0.539. The Hall–Kier alpha value is -1.22. The van der Waals surface area contributed by atoms with E-state index in [-0.39, 0.29) is 29.8 Å². The average Bonchev–Trinajstić information content (AvgIpc) is 2.78. The lowest BCUT2D eigenvalue weighted by Crippen LogP contribution is -2.38. The first kappa shape index (κ1) is 19.8. The third-order valence-electron chi connectivity index (χ3n) is 3.35. The summed E-state index contributed by atoms with van der Waals surface area (Å²) < 4.78 is 13.2. The van der Waals surface area contributed by atoms with Crippen LogP contribution in [0.2, 0.25) is 0 Å². The number of nitrogens with one attached hydrogen (secondary N) is 1. The molecule has 0 aliphatic rings. The predicted octanol–water partition coefficient (Wildman–Crippen LogP) is 3.72. The number of aromatic nitrogens is 1. The van der Waals surface area contributed by atoms with Crippen LogP contribution >= 0.6 is 35.3 Å². The maximum atomic E-state index is 13.2. The van der Waals surface area contributed by atoms with Gasteiger partial charge >= 0.3 is 0 Å². The van der Waals surface area contributed by atoms with Crippen LogP contribution in [0.4, 0.5) is 4.39 Å². The molecule has 0 fully saturated rings. The molecule has 4 nitrogen and oxygen atoms in total. The highest BCUT2D eigenvalue weighted by molar-refractivity contribution is 14.0. The van der Waals surface area contributed by atoms with Gasteiger partial charge < -0.3 is 10.2 Å². The molecule has 7 heteroatoms. The summed E-state index contributed by atoms with van der Waals surface area (Å²) in [5, 5.41) is 4.33. The summed E-state index contributed by atoms with van der Waals surface area (Å²) in [4.78, 5) is 12.0. The van der Waals surface area contributed by atoms with Gasteiger partial charge in [0.1, 0.15) is 10.8 Å². The van der Waals surface area contributed by atoms with E-state index in [1.807, 2.05) is 24.9 Å². The lowest BCUT2D eigenvalue weighted by atomic mass is 10.2. The van der Waals surface area contributed by atoms with Crippen molar-refractivity contribution in [1.29, 1.82) is 0 Å². The monoisotopic (exact) mass is 448 g/mol. The quantitative estimate of drug-likeness (QED) is 0.441. The van der Waals surface area contributed by atoms with Crippen LogP contribution in [0.5, 0.6) is 0 Å². The molecular weight excluding hydrogens is 426 g/mol. The second-order valence-electron chi connectivity index (χ2n) is 5.14. The normalized spacial score (nSPS) is 11.1. The number of aliphatic imine (C=N–C) groups is 1. The van der Waals surface area contributed by atoms with Crippen LogP contribution < -0.4 is 5.32 Å². The minimum atomic E-state index is -0.220. The Morgan fingerprint density at radius 3 is 2.70 bits per heavy atom. The Labute approximate surface area is 157 Å². The van der Waals surface area contributed by atoms with Gasteiger partial charge in [-0.05, 0) is 31.5 Å². The van der Waals surface area contributed by atoms with E-state index >= 15 is 0 Å². The number of guanidine groups is 1. The SMILES string of the molecule is CN=C(NCc1nc(C)c(C)s1)N(C)Cc1cccc(F)c1.I. The van der Waals surface area contributed by atoms with Crippen molar-refractivity contribution in [2.24, 2.45) is 4.99 Å². The lowest BCUT2D eigenvalue weighted by molar-refractivity contribution is 0.474. The Morgan fingerprint density at radius 2 is 2.13 bits per heavy atom. The predicted molar refractivity (Wildman–Crippen MR) is 105 cm³/mol. The van der Waals surface area contributed by atoms with E-state index in [0.29, 0.717) is 13.1 Å². The van der Waals surface area contributed by atoms with E-state index in [0.717, 1.165) is 22.2 Å². The molecule has 2 rings (SSSR count). The standard InChI is InChI=1S/C16H21FN4S.HI/c1-11-12(2)22-15(20-11)9-19-16(18-3)21(4)10-13-6-5-7-14(17)8-13;/h5-8H,9-10H2,1-4H3,(H,18,19);1H. The zero-order valence-corrected chi connectivity index (χ0v) is 16.9. The summed E-state index contributed by atoms with van der Waals surface area (Å²) in [6, 6.07) is 6.61. The Kier molecular flexibility index (Phi) is 7.90. The van der Waals surface area contributed by atoms with Gasteiger partial charge in [-0.2, -0.15) is 0 Å². The minimum absolute atomic E-state index is 0. The number of hydrogen-bond donors (Lipinski definition) is 1. The number of halogens is 2. The van der Waals surface area contributed by atoms with Crippen molar-refractivity contribution in [3.63, 3.8) is 0 Å². The number of thiazole rings is 1. The van der Waals surface area contributed by atoms with Crippen molar-refractivity contribution in [2.75, 3.05) is 14.1 Å². The van der Waals surface area contributed by atoms with E-state index in [1.54, 1.807) is 24.5 Å². The summed E-state index contributed by atoms with van der Waals surface area (Å²) in [7, 11) is 3.67. The maximum absolute atomic E-state index is 13.2. The highest BCUT2D eigenvalue weighted by atomic mass is 127. The van der Waals surface area contributed by atoms with Crippen molar-refractivity contribution < 1.29 is 4.39 Å². The first-order chi connectivity index (χ1) is 10.5. The van der Waals surface area contributed by atoms with Gasteiger partial charge in [0.05, 0.1) is 12.2 Å². The molecule has 1 aromatic carbocycles. The molecule has 0 unspecified atom stereocenters. The molecule has 1 N–H and O–H groups in total. The third kappa shape index (κ3) is 5.72. The molecule has 0 saturated carbocycles. The Balaban J connectivity index is 0.00000264. The van der Waals surface area contributed by atoms with E-state index in [1.165, 1.54) is 17.0 Å². The summed E-state index contributed by atoms with van der Waals surface area (Å²) >= 11 is 1.69. The molecule has 0 atom stereocenters. The van der Waals surface area contributed by atoms with Crippen molar-refractivity contribution in [1.82, 2.24) is 15.2 Å². The molecule has 126 valence electrons. The molecule has 23 heavy (non-hydrogen) atoms. The summed E-state index contributed by atoms with van der Waals surface area (Å²) in [6.07, 6.45) is 0. The molecular formula is C16H22FIN4S. The zero-order valence-electron chi connectivity index (χ0n) is 13.8. The van der Waals surface area contributed by atoms with Crippen LogP contribution in [0, 0.1) is 19.7 Å². The van der Waals surface area contributed by atoms with Crippen LogP contribution in [-0.2, 0) is 13.1 Å². The third-order valence-corrected chi connectivity index (χ3v) is 4.43. The smallest absolute Gasteiger partial charge is 0.194 e. The maximum Gasteiger partial charge on any atom is 0.194 e. The van der Waals surface area contributed by atoms with Crippen molar-refractivity contribution in [3.05, 3.63) is 51.2 Å². The van der Waals surface area contributed by atoms with Crippen molar-refractivity contribution in [2.45, 2.75) is 26.9 Å². The van der Waals surface area contributed by atoms with Crippen LogP contribution in [0.15, 0.2) is 29.3 Å². The molecule has 0 aliphatic heterocycles. The first-order valence-corrected chi connectivity index (χ1v) is 7.90. The average molecular weight is 448 g/mol. The van der Waals surface area contributed by atoms with E-state index in [4.69, 9.17) is 0 Å². The van der Waals surface area contributed by atoms with Crippen molar-refractivity contribution >= 4 is 41.3 Å². The van der Waals surface area contributed by atoms with Crippen LogP contribution in [0.3, 0.4) is 0 Å². The molecule has 0 spiro atoms. The number of aryl methyl sites for hydroxylation is 2. The molecule has 1 heterocycles. The largest absolute Gasteiger partial charge is 0.350 e. The number of nitrogens with zero attached hydrogens (tertiary/aromatic N) is 3. The fraction of sp³-hybridized carbons (Fsp3) is 0.375. The lowest BCUT2D eigenvalue weighted by Gasteiger charge is -2.21. The second kappa shape index (κ2) is 9.17. The van der Waals surface area contributed by atoms with Gasteiger partial charge in [0, 0.05) is 25.5 Å². The Bertz CT molecular complexity index is 652. The fourth-order valence-electron chi connectivity index (χ4n) is 2.14. The number of rotatable bonds is 4. The molecule has 0 bridgehead atoms. The molecule has 0 aliphatic carbocycles.